The normalized spacial score (nSPS) is 11.0. The van der Waals surface area contributed by atoms with Crippen LogP contribution < -0.4 is 5.32 Å². The summed E-state index contributed by atoms with van der Waals surface area (Å²) < 4.78 is 5.11. The number of aliphatic carboxylic acids is 1. The smallest absolute Gasteiger partial charge is 0.407 e. The average molecular weight is 406 g/mol. The van der Waals surface area contributed by atoms with E-state index in [0.717, 1.165) is 11.1 Å². The molecule has 29 heavy (non-hydrogen) atoms. The molecule has 0 heterocycles. The molecule has 1 aromatic carbocycles. The fourth-order valence-electron chi connectivity index (χ4n) is 2.04. The van der Waals surface area contributed by atoms with E-state index in [-0.39, 0.29) is 12.1 Å². The van der Waals surface area contributed by atoms with Crippen molar-refractivity contribution in [3.8, 4) is 0 Å². The molecule has 0 spiro atoms. The van der Waals surface area contributed by atoms with E-state index in [9.17, 15) is 19.2 Å². The fraction of sp³-hybridized carbons (Fsp3) is 0.400. The van der Waals surface area contributed by atoms with Gasteiger partial charge < -0.3 is 20.0 Å². The Kier molecular flexibility index (Phi) is 9.37. The van der Waals surface area contributed by atoms with Crippen LogP contribution in [0.3, 0.4) is 0 Å². The highest BCUT2D eigenvalue weighted by molar-refractivity contribution is 5.95. The van der Waals surface area contributed by atoms with Crippen LogP contribution >= 0.6 is 0 Å². The van der Waals surface area contributed by atoms with Crippen LogP contribution in [0.2, 0.25) is 0 Å². The summed E-state index contributed by atoms with van der Waals surface area (Å²) in [6.07, 6.45) is 1.79. The molecular weight excluding hydrogens is 380 g/mol. The van der Waals surface area contributed by atoms with Crippen molar-refractivity contribution >= 4 is 23.9 Å². The fourth-order valence-corrected chi connectivity index (χ4v) is 2.04. The molecule has 0 aromatic heterocycles. The second-order valence-corrected chi connectivity index (χ2v) is 6.99. The quantitative estimate of drug-likeness (QED) is 0.386. The third-order valence-corrected chi connectivity index (χ3v) is 3.27. The molecular formula is C20H26N2O7. The molecule has 0 radical (unpaired) electrons. The average Bonchev–Trinajstić information content (AvgIpc) is 2.64. The summed E-state index contributed by atoms with van der Waals surface area (Å²) in [7, 11) is 0. The molecule has 0 unspecified atom stereocenters. The number of unbranched alkanes of at least 4 members (excludes halogenated alkanes) is 1. The van der Waals surface area contributed by atoms with E-state index in [1.54, 1.807) is 39.0 Å². The lowest BCUT2D eigenvalue weighted by molar-refractivity contribution is -0.162. The minimum Gasteiger partial charge on any atom is -0.478 e. The number of nitrogens with one attached hydrogen (secondary N) is 1. The number of alkyl carbamates (subject to hydrolysis) is 1. The maximum absolute atomic E-state index is 12.2. The molecule has 2 N–H and O–H groups in total. The van der Waals surface area contributed by atoms with Gasteiger partial charge in [0, 0.05) is 18.7 Å². The highest BCUT2D eigenvalue weighted by Gasteiger charge is 2.19. The predicted octanol–water partition coefficient (Wildman–Crippen LogP) is 2.53. The number of nitrogens with zero attached hydrogens (tertiary/aromatic N) is 1. The molecule has 0 saturated carbocycles. The van der Waals surface area contributed by atoms with Gasteiger partial charge in [0.15, 0.2) is 0 Å². The minimum atomic E-state index is -1.30. The summed E-state index contributed by atoms with van der Waals surface area (Å²) in [5.41, 5.74) is -0.353. The van der Waals surface area contributed by atoms with Crippen LogP contribution in [-0.2, 0) is 19.2 Å². The number of amides is 2. The van der Waals surface area contributed by atoms with Gasteiger partial charge in [-0.3, -0.25) is 4.79 Å². The standard InChI is InChI=1S/C20H26N2O7/c1-20(2,3)28-19(27)21-13-7-8-14-22(16(23)11-12-17(24)25)29-18(26)15-9-5-4-6-10-15/h4-6,9-12H,7-8,13-14H2,1-3H3,(H,21,27)(H,24,25). The largest absolute Gasteiger partial charge is 0.478 e. The Bertz CT molecular complexity index is 739. The number of carbonyl (C=O) groups is 4. The molecule has 2 amide bonds. The summed E-state index contributed by atoms with van der Waals surface area (Å²) in [5.74, 6) is -2.82. The van der Waals surface area contributed by atoms with Crippen LogP contribution in [0.15, 0.2) is 42.5 Å². The predicted molar refractivity (Wildman–Crippen MR) is 104 cm³/mol. The monoisotopic (exact) mass is 406 g/mol. The second-order valence-electron chi connectivity index (χ2n) is 6.99. The summed E-state index contributed by atoms with van der Waals surface area (Å²) >= 11 is 0. The first-order chi connectivity index (χ1) is 13.6. The number of carboxylic acid groups (broad SMARTS) is 1. The van der Waals surface area contributed by atoms with Crippen LogP contribution in [0.1, 0.15) is 44.0 Å². The van der Waals surface area contributed by atoms with Gasteiger partial charge in [-0.15, -0.1) is 0 Å². The lowest BCUT2D eigenvalue weighted by Gasteiger charge is -2.21. The van der Waals surface area contributed by atoms with Gasteiger partial charge in [0.25, 0.3) is 5.91 Å². The van der Waals surface area contributed by atoms with Crippen molar-refractivity contribution in [2.24, 2.45) is 0 Å². The van der Waals surface area contributed by atoms with Crippen LogP contribution in [-0.4, -0.2) is 52.8 Å². The number of hydrogen-bond acceptors (Lipinski definition) is 6. The molecule has 158 valence electrons. The van der Waals surface area contributed by atoms with Crippen molar-refractivity contribution in [3.05, 3.63) is 48.0 Å². The zero-order valence-corrected chi connectivity index (χ0v) is 16.7. The van der Waals surface area contributed by atoms with Crippen LogP contribution in [0, 0.1) is 0 Å². The van der Waals surface area contributed by atoms with E-state index in [1.807, 2.05) is 0 Å². The zero-order chi connectivity index (χ0) is 21.9. The summed E-state index contributed by atoms with van der Waals surface area (Å²) in [6.45, 7) is 5.58. The molecule has 9 heteroatoms. The Morgan fingerprint density at radius 2 is 1.72 bits per heavy atom. The first-order valence-electron chi connectivity index (χ1n) is 9.05. The maximum atomic E-state index is 12.2. The van der Waals surface area contributed by atoms with Gasteiger partial charge in [0.05, 0.1) is 12.1 Å². The van der Waals surface area contributed by atoms with Crippen LogP contribution in [0.5, 0.6) is 0 Å². The van der Waals surface area contributed by atoms with E-state index in [0.29, 0.717) is 25.5 Å². The third-order valence-electron chi connectivity index (χ3n) is 3.27. The number of rotatable bonds is 8. The van der Waals surface area contributed by atoms with E-state index >= 15 is 0 Å². The van der Waals surface area contributed by atoms with Gasteiger partial charge in [-0.25, -0.2) is 14.4 Å². The van der Waals surface area contributed by atoms with Crippen molar-refractivity contribution in [3.63, 3.8) is 0 Å². The van der Waals surface area contributed by atoms with Gasteiger partial charge in [-0.05, 0) is 45.7 Å². The van der Waals surface area contributed by atoms with Gasteiger partial charge in [0.2, 0.25) is 0 Å². The summed E-state index contributed by atoms with van der Waals surface area (Å²) in [6, 6.07) is 8.09. The number of carboxylic acids is 1. The SMILES string of the molecule is CC(C)(C)OC(=O)NCCCCN(OC(=O)c1ccccc1)C(=O)C=CC(=O)O. The topological polar surface area (TPSA) is 122 Å². The Balaban J connectivity index is 2.58. The number of ether oxygens (including phenoxy) is 1. The second kappa shape index (κ2) is 11.5. The molecule has 1 rings (SSSR count). The lowest BCUT2D eigenvalue weighted by atomic mass is 10.2. The van der Waals surface area contributed by atoms with Crippen molar-refractivity contribution in [2.45, 2.75) is 39.2 Å². The number of hydrogen-bond donors (Lipinski definition) is 2. The van der Waals surface area contributed by atoms with E-state index in [2.05, 4.69) is 5.32 Å². The highest BCUT2D eigenvalue weighted by Crippen LogP contribution is 2.08. The van der Waals surface area contributed by atoms with E-state index in [1.165, 1.54) is 12.1 Å². The van der Waals surface area contributed by atoms with Crippen molar-refractivity contribution in [1.82, 2.24) is 10.4 Å². The first kappa shape index (κ1) is 23.7. The molecule has 1 aromatic rings. The Morgan fingerprint density at radius 3 is 2.31 bits per heavy atom. The molecule has 0 bridgehead atoms. The summed E-state index contributed by atoms with van der Waals surface area (Å²) in [4.78, 5) is 51.6. The third kappa shape index (κ3) is 10.5. The summed E-state index contributed by atoms with van der Waals surface area (Å²) in [5, 5.41) is 12.0. The van der Waals surface area contributed by atoms with E-state index in [4.69, 9.17) is 14.7 Å². The van der Waals surface area contributed by atoms with Crippen molar-refractivity contribution < 1.29 is 33.9 Å². The molecule has 9 nitrogen and oxygen atoms in total. The lowest BCUT2D eigenvalue weighted by Crippen LogP contribution is -2.35. The molecule has 0 saturated heterocycles. The van der Waals surface area contributed by atoms with Gasteiger partial charge in [-0.1, -0.05) is 18.2 Å². The van der Waals surface area contributed by atoms with Gasteiger partial charge in [0.1, 0.15) is 5.60 Å². The maximum Gasteiger partial charge on any atom is 0.407 e. The zero-order valence-electron chi connectivity index (χ0n) is 16.7. The van der Waals surface area contributed by atoms with Gasteiger partial charge in [-0.2, -0.15) is 5.06 Å². The van der Waals surface area contributed by atoms with E-state index < -0.39 is 29.5 Å². The Morgan fingerprint density at radius 1 is 1.07 bits per heavy atom. The Hall–Kier alpha value is -3.36. The number of benzene rings is 1. The molecule has 0 fully saturated rings. The van der Waals surface area contributed by atoms with Gasteiger partial charge >= 0.3 is 18.0 Å². The molecule has 0 aliphatic heterocycles. The molecule has 0 aliphatic carbocycles. The van der Waals surface area contributed by atoms with Crippen LogP contribution in [0.25, 0.3) is 0 Å². The molecule has 0 atom stereocenters. The minimum absolute atomic E-state index is 0.0252. The van der Waals surface area contributed by atoms with Crippen molar-refractivity contribution in [1.29, 1.82) is 0 Å². The number of hydroxylamine groups is 2. The first-order valence-corrected chi connectivity index (χ1v) is 9.05. The molecule has 0 aliphatic rings. The number of carbonyl (C=O) groups excluding carboxylic acids is 3. The van der Waals surface area contributed by atoms with Crippen molar-refractivity contribution in [2.75, 3.05) is 13.1 Å². The highest BCUT2D eigenvalue weighted by atomic mass is 16.7. The Labute approximate surface area is 169 Å². The van der Waals surface area contributed by atoms with Crippen LogP contribution in [0.4, 0.5) is 4.79 Å².